The van der Waals surface area contributed by atoms with Crippen LogP contribution in [0, 0.1) is 23.7 Å². The Morgan fingerprint density at radius 2 is 1.71 bits per heavy atom. The molecule has 1 aromatic carbocycles. The summed E-state index contributed by atoms with van der Waals surface area (Å²) in [5.74, 6) is 4.43. The summed E-state index contributed by atoms with van der Waals surface area (Å²) in [6.07, 6.45) is 9.91. The van der Waals surface area contributed by atoms with Crippen molar-refractivity contribution in [1.29, 1.82) is 0 Å². The lowest BCUT2D eigenvalue weighted by molar-refractivity contribution is -0.120. The molecule has 0 radical (unpaired) electrons. The van der Waals surface area contributed by atoms with Gasteiger partial charge in [-0.15, -0.1) is 0 Å². The van der Waals surface area contributed by atoms with Gasteiger partial charge < -0.3 is 9.73 Å². The number of nitrogens with one attached hydrogen (secondary N) is 1. The quantitative estimate of drug-likeness (QED) is 0.603. The van der Waals surface area contributed by atoms with Crippen LogP contribution in [0.1, 0.15) is 37.9 Å². The highest BCUT2D eigenvalue weighted by atomic mass is 35.5. The van der Waals surface area contributed by atoms with Gasteiger partial charge in [-0.25, -0.2) is 0 Å². The number of halogens is 2. The highest BCUT2D eigenvalue weighted by Crippen LogP contribution is 2.53. The standard InChI is InChI=1S/C23H23Cl2NO2/c24-17-1-4-19(20(25)12-17)21-5-2-18(28-21)3-6-22(27)26-23-15-8-13-7-14(10-15)11-16(23)9-13/h1-6,12-16,23H,7-11H2,(H,26,27). The molecule has 5 heteroatoms. The maximum absolute atomic E-state index is 12.5. The largest absolute Gasteiger partial charge is 0.457 e. The zero-order valence-electron chi connectivity index (χ0n) is 15.5. The number of carbonyl (C=O) groups is 1. The van der Waals surface area contributed by atoms with E-state index in [1.165, 1.54) is 32.1 Å². The molecular weight excluding hydrogens is 393 g/mol. The van der Waals surface area contributed by atoms with Crippen LogP contribution in [0.5, 0.6) is 0 Å². The molecule has 4 aliphatic carbocycles. The van der Waals surface area contributed by atoms with Crippen molar-refractivity contribution < 1.29 is 9.21 Å². The smallest absolute Gasteiger partial charge is 0.244 e. The molecular formula is C23H23Cl2NO2. The van der Waals surface area contributed by atoms with E-state index in [0.29, 0.717) is 39.4 Å². The molecule has 2 aromatic rings. The third-order valence-corrected chi connectivity index (χ3v) is 7.31. The van der Waals surface area contributed by atoms with E-state index in [9.17, 15) is 4.79 Å². The van der Waals surface area contributed by atoms with E-state index in [-0.39, 0.29) is 5.91 Å². The number of furan rings is 1. The Kier molecular flexibility index (Phi) is 4.76. The number of hydrogen-bond donors (Lipinski definition) is 1. The number of benzene rings is 1. The average molecular weight is 416 g/mol. The summed E-state index contributed by atoms with van der Waals surface area (Å²) in [6.45, 7) is 0. The van der Waals surface area contributed by atoms with Crippen LogP contribution in [0.25, 0.3) is 17.4 Å². The second-order valence-electron chi connectivity index (χ2n) is 8.62. The molecule has 28 heavy (non-hydrogen) atoms. The first kappa shape index (κ1) is 18.3. The van der Waals surface area contributed by atoms with Crippen molar-refractivity contribution in [3.05, 3.63) is 52.2 Å². The summed E-state index contributed by atoms with van der Waals surface area (Å²) < 4.78 is 5.83. The van der Waals surface area contributed by atoms with E-state index in [0.717, 1.165) is 17.4 Å². The van der Waals surface area contributed by atoms with Crippen LogP contribution in [0.2, 0.25) is 10.0 Å². The minimum absolute atomic E-state index is 0.0278. The summed E-state index contributed by atoms with van der Waals surface area (Å²) in [7, 11) is 0. The molecule has 4 bridgehead atoms. The molecule has 1 heterocycles. The molecule has 4 fully saturated rings. The minimum Gasteiger partial charge on any atom is -0.457 e. The molecule has 0 aliphatic heterocycles. The van der Waals surface area contributed by atoms with Crippen molar-refractivity contribution in [3.8, 4) is 11.3 Å². The molecule has 146 valence electrons. The molecule has 1 N–H and O–H groups in total. The van der Waals surface area contributed by atoms with E-state index in [2.05, 4.69) is 5.32 Å². The van der Waals surface area contributed by atoms with Crippen LogP contribution in [0.4, 0.5) is 0 Å². The summed E-state index contributed by atoms with van der Waals surface area (Å²) in [5.41, 5.74) is 0.781. The van der Waals surface area contributed by atoms with Crippen molar-refractivity contribution in [2.45, 2.75) is 38.1 Å². The van der Waals surface area contributed by atoms with Gasteiger partial charge in [0.15, 0.2) is 0 Å². The zero-order valence-corrected chi connectivity index (χ0v) is 17.0. The van der Waals surface area contributed by atoms with Crippen molar-refractivity contribution in [2.75, 3.05) is 0 Å². The molecule has 6 rings (SSSR count). The molecule has 0 spiro atoms. The predicted molar refractivity (Wildman–Crippen MR) is 112 cm³/mol. The van der Waals surface area contributed by atoms with Gasteiger partial charge in [-0.3, -0.25) is 4.79 Å². The first-order chi connectivity index (χ1) is 13.5. The zero-order chi connectivity index (χ0) is 19.3. The molecule has 3 nitrogen and oxygen atoms in total. The molecule has 0 saturated heterocycles. The van der Waals surface area contributed by atoms with Gasteiger partial charge in [0.05, 0.1) is 5.02 Å². The molecule has 1 aromatic heterocycles. The summed E-state index contributed by atoms with van der Waals surface area (Å²) >= 11 is 12.2. The van der Waals surface area contributed by atoms with Crippen LogP contribution in [-0.4, -0.2) is 11.9 Å². The highest BCUT2D eigenvalue weighted by molar-refractivity contribution is 6.36. The lowest BCUT2D eigenvalue weighted by Gasteiger charge is -2.54. The summed E-state index contributed by atoms with van der Waals surface area (Å²) in [5, 5.41) is 4.41. The predicted octanol–water partition coefficient (Wildman–Crippen LogP) is 6.21. The van der Waals surface area contributed by atoms with Gasteiger partial charge in [0, 0.05) is 22.7 Å². The van der Waals surface area contributed by atoms with Gasteiger partial charge in [0.25, 0.3) is 0 Å². The summed E-state index contributed by atoms with van der Waals surface area (Å²) in [4.78, 5) is 12.5. The number of carbonyl (C=O) groups excluding carboxylic acids is 1. The van der Waals surface area contributed by atoms with Gasteiger partial charge in [-0.2, -0.15) is 0 Å². The van der Waals surface area contributed by atoms with E-state index in [1.54, 1.807) is 24.3 Å². The van der Waals surface area contributed by atoms with Gasteiger partial charge in [0.1, 0.15) is 11.5 Å². The SMILES string of the molecule is O=C(C=Cc1ccc(-c2ccc(Cl)cc2Cl)o1)NC1C2CC3CC(C2)CC1C3. The number of rotatable bonds is 4. The van der Waals surface area contributed by atoms with E-state index in [1.807, 2.05) is 18.2 Å². The maximum atomic E-state index is 12.5. The second-order valence-corrected chi connectivity index (χ2v) is 9.47. The lowest BCUT2D eigenvalue weighted by Crippen LogP contribution is -2.55. The van der Waals surface area contributed by atoms with Crippen molar-refractivity contribution in [3.63, 3.8) is 0 Å². The third-order valence-electron chi connectivity index (χ3n) is 6.76. The van der Waals surface area contributed by atoms with Crippen LogP contribution in [-0.2, 0) is 4.79 Å². The Hall–Kier alpha value is -1.71. The van der Waals surface area contributed by atoms with Crippen LogP contribution in [0.15, 0.2) is 40.8 Å². The number of hydrogen-bond acceptors (Lipinski definition) is 2. The normalized spacial score (nSPS) is 30.9. The fraction of sp³-hybridized carbons (Fsp3) is 0.435. The van der Waals surface area contributed by atoms with Gasteiger partial charge in [0.2, 0.25) is 5.91 Å². The maximum Gasteiger partial charge on any atom is 0.244 e. The van der Waals surface area contributed by atoms with Crippen LogP contribution < -0.4 is 5.32 Å². The fourth-order valence-corrected chi connectivity index (χ4v) is 6.31. The topological polar surface area (TPSA) is 42.2 Å². The molecule has 1 amide bonds. The van der Waals surface area contributed by atoms with Gasteiger partial charge in [-0.05, 0) is 92.2 Å². The highest BCUT2D eigenvalue weighted by Gasteiger charge is 2.48. The first-order valence-electron chi connectivity index (χ1n) is 10.1. The van der Waals surface area contributed by atoms with Crippen molar-refractivity contribution in [2.24, 2.45) is 23.7 Å². The summed E-state index contributed by atoms with van der Waals surface area (Å²) in [6, 6.07) is 9.34. The molecule has 0 atom stereocenters. The fourth-order valence-electron chi connectivity index (χ4n) is 5.81. The first-order valence-corrected chi connectivity index (χ1v) is 10.8. The minimum atomic E-state index is -0.0278. The Morgan fingerprint density at radius 3 is 2.39 bits per heavy atom. The Labute approximate surface area is 175 Å². The average Bonchev–Trinajstić information content (AvgIpc) is 3.11. The molecule has 4 saturated carbocycles. The van der Waals surface area contributed by atoms with E-state index < -0.39 is 0 Å². The van der Waals surface area contributed by atoms with E-state index in [4.69, 9.17) is 27.6 Å². The molecule has 0 unspecified atom stereocenters. The lowest BCUT2D eigenvalue weighted by atomic mass is 9.54. The molecule has 4 aliphatic rings. The second kappa shape index (κ2) is 7.27. The van der Waals surface area contributed by atoms with Crippen molar-refractivity contribution in [1.82, 2.24) is 5.32 Å². The van der Waals surface area contributed by atoms with E-state index >= 15 is 0 Å². The number of amides is 1. The monoisotopic (exact) mass is 415 g/mol. The van der Waals surface area contributed by atoms with Crippen LogP contribution >= 0.6 is 23.2 Å². The third kappa shape index (κ3) is 3.51. The van der Waals surface area contributed by atoms with Crippen molar-refractivity contribution >= 4 is 35.2 Å². The Balaban J connectivity index is 1.24. The van der Waals surface area contributed by atoms with Gasteiger partial charge in [-0.1, -0.05) is 23.2 Å². The Bertz CT molecular complexity index is 904. The van der Waals surface area contributed by atoms with Gasteiger partial charge >= 0.3 is 0 Å². The van der Waals surface area contributed by atoms with Crippen LogP contribution in [0.3, 0.4) is 0 Å². The Morgan fingerprint density at radius 1 is 1.00 bits per heavy atom.